The lowest BCUT2D eigenvalue weighted by atomic mass is 9.81. The van der Waals surface area contributed by atoms with Gasteiger partial charge in [0.05, 0.1) is 22.3 Å². The van der Waals surface area contributed by atoms with Gasteiger partial charge >= 0.3 is 5.97 Å². The smallest absolute Gasteiger partial charge is 0.309 e. The molecule has 4 heterocycles. The summed E-state index contributed by atoms with van der Waals surface area (Å²) in [6.45, 7) is 5.95. The first-order valence-corrected chi connectivity index (χ1v) is 14.2. The van der Waals surface area contributed by atoms with Crippen molar-refractivity contribution in [1.29, 1.82) is 0 Å². The van der Waals surface area contributed by atoms with Crippen molar-refractivity contribution in [3.63, 3.8) is 0 Å². The van der Waals surface area contributed by atoms with Crippen LogP contribution in [0.3, 0.4) is 0 Å². The van der Waals surface area contributed by atoms with Crippen LogP contribution in [0.5, 0.6) is 5.75 Å². The van der Waals surface area contributed by atoms with Crippen molar-refractivity contribution in [3.8, 4) is 16.9 Å². The minimum atomic E-state index is -0.982. The number of nitrogens with zero attached hydrogens (tertiary/aromatic N) is 4. The van der Waals surface area contributed by atoms with E-state index in [0.717, 1.165) is 5.69 Å². The predicted molar refractivity (Wildman–Crippen MR) is 155 cm³/mol. The molecule has 0 bridgehead atoms. The van der Waals surface area contributed by atoms with Crippen LogP contribution in [-0.4, -0.2) is 63.5 Å². The Hall–Kier alpha value is -4.05. The molecule has 5 rings (SSSR count). The minimum Gasteiger partial charge on any atom is -0.492 e. The molecule has 3 aromatic rings. The number of amides is 2. The molecule has 1 fully saturated rings. The molecule has 2 aliphatic rings. The van der Waals surface area contributed by atoms with E-state index in [1.54, 1.807) is 46.3 Å². The highest BCUT2D eigenvalue weighted by molar-refractivity contribution is 6.30. The molecule has 2 amide bonds. The van der Waals surface area contributed by atoms with E-state index >= 15 is 4.39 Å². The number of hydrogen-bond acceptors (Lipinski definition) is 6. The lowest BCUT2D eigenvalue weighted by molar-refractivity contribution is -0.142. The molecule has 220 valence electrons. The third kappa shape index (κ3) is 5.81. The fourth-order valence-electron chi connectivity index (χ4n) is 5.43. The second-order valence-corrected chi connectivity index (χ2v) is 11.9. The third-order valence-corrected chi connectivity index (χ3v) is 8.06. The number of carboxylic acid groups (broad SMARTS) is 1. The standard InChI is InChI=1S/C31H32ClFN4O5/c1-18(29(39)40)17-42-26-7-5-4-6-22(26)19-12-23(33)27(35-15-19)28(38)36-10-8-21(9-11-36)37-25-13-20(32)16-34-24(25)14-31(2,3)30(37)41/h4-7,12-13,15-16,18,21H,8-11,14,17H2,1-3H3,(H,39,40)/t18-/m0/s1. The Bertz CT molecular complexity index is 1540. The van der Waals surface area contributed by atoms with Gasteiger partial charge in [0.15, 0.2) is 11.5 Å². The Kier molecular flexibility index (Phi) is 8.19. The summed E-state index contributed by atoms with van der Waals surface area (Å²) >= 11 is 6.22. The number of aliphatic carboxylic acids is 1. The van der Waals surface area contributed by atoms with Crippen molar-refractivity contribution in [2.45, 2.75) is 46.1 Å². The molecule has 1 atom stereocenters. The first-order valence-electron chi connectivity index (χ1n) is 13.8. The summed E-state index contributed by atoms with van der Waals surface area (Å²) < 4.78 is 21.0. The van der Waals surface area contributed by atoms with Gasteiger partial charge in [0.2, 0.25) is 5.91 Å². The number of carbonyl (C=O) groups is 3. The van der Waals surface area contributed by atoms with Gasteiger partial charge in [-0.2, -0.15) is 0 Å². The number of carbonyl (C=O) groups excluding carboxylic acids is 2. The average Bonchev–Trinajstić information content (AvgIpc) is 2.96. The Labute approximate surface area is 248 Å². The van der Waals surface area contributed by atoms with Gasteiger partial charge in [0.25, 0.3) is 5.91 Å². The highest BCUT2D eigenvalue weighted by Gasteiger charge is 2.43. The Morgan fingerprint density at radius 3 is 2.57 bits per heavy atom. The molecule has 0 radical (unpaired) electrons. The SMILES string of the molecule is C[C@@H](COc1ccccc1-c1cnc(C(=O)N2CCC(N3C(=O)C(C)(C)Cc4ncc(Cl)cc43)CC2)c(F)c1)C(=O)O. The predicted octanol–water partition coefficient (Wildman–Crippen LogP) is 5.26. The number of rotatable bonds is 7. The van der Waals surface area contributed by atoms with Gasteiger partial charge in [-0.25, -0.2) is 9.37 Å². The Balaban J connectivity index is 1.29. The van der Waals surface area contributed by atoms with Crippen LogP contribution in [0.15, 0.2) is 48.8 Å². The monoisotopic (exact) mass is 594 g/mol. The summed E-state index contributed by atoms with van der Waals surface area (Å²) in [5.74, 6) is -2.61. The van der Waals surface area contributed by atoms with Gasteiger partial charge in [-0.3, -0.25) is 19.4 Å². The van der Waals surface area contributed by atoms with E-state index in [9.17, 15) is 14.4 Å². The maximum atomic E-state index is 15.3. The quantitative estimate of drug-likeness (QED) is 0.397. The van der Waals surface area contributed by atoms with Crippen LogP contribution >= 0.6 is 11.6 Å². The summed E-state index contributed by atoms with van der Waals surface area (Å²) in [6.07, 6.45) is 4.54. The summed E-state index contributed by atoms with van der Waals surface area (Å²) in [7, 11) is 0. The fourth-order valence-corrected chi connectivity index (χ4v) is 5.58. The largest absolute Gasteiger partial charge is 0.492 e. The number of hydrogen-bond donors (Lipinski definition) is 1. The zero-order chi connectivity index (χ0) is 30.2. The maximum Gasteiger partial charge on any atom is 0.309 e. The molecular formula is C31H32ClFN4O5. The van der Waals surface area contributed by atoms with E-state index in [1.165, 1.54) is 19.2 Å². The summed E-state index contributed by atoms with van der Waals surface area (Å²) in [5, 5.41) is 9.59. The highest BCUT2D eigenvalue weighted by Crippen LogP contribution is 2.40. The lowest BCUT2D eigenvalue weighted by Crippen LogP contribution is -2.55. The van der Waals surface area contributed by atoms with Crippen LogP contribution in [0.2, 0.25) is 5.02 Å². The molecule has 0 unspecified atom stereocenters. The Morgan fingerprint density at radius 1 is 1.17 bits per heavy atom. The molecule has 2 aromatic heterocycles. The zero-order valence-electron chi connectivity index (χ0n) is 23.6. The highest BCUT2D eigenvalue weighted by atomic mass is 35.5. The molecule has 1 N–H and O–H groups in total. The van der Waals surface area contributed by atoms with E-state index in [-0.39, 0.29) is 24.2 Å². The van der Waals surface area contributed by atoms with Gasteiger partial charge in [-0.15, -0.1) is 0 Å². The van der Waals surface area contributed by atoms with E-state index in [4.69, 9.17) is 21.4 Å². The second kappa shape index (κ2) is 11.7. The molecule has 0 aliphatic carbocycles. The van der Waals surface area contributed by atoms with Crippen LogP contribution < -0.4 is 9.64 Å². The number of aromatic nitrogens is 2. The average molecular weight is 595 g/mol. The van der Waals surface area contributed by atoms with Crippen molar-refractivity contribution in [1.82, 2.24) is 14.9 Å². The van der Waals surface area contributed by atoms with Crippen LogP contribution in [0.1, 0.15) is 49.8 Å². The number of fused-ring (bicyclic) bond motifs is 1. The molecule has 0 saturated carbocycles. The van der Waals surface area contributed by atoms with Crippen molar-refractivity contribution in [2.24, 2.45) is 11.3 Å². The second-order valence-electron chi connectivity index (χ2n) is 11.5. The van der Waals surface area contributed by atoms with Gasteiger partial charge in [-0.1, -0.05) is 43.6 Å². The maximum absolute atomic E-state index is 15.3. The Morgan fingerprint density at radius 2 is 1.88 bits per heavy atom. The number of para-hydroxylation sites is 1. The number of carboxylic acids is 1. The van der Waals surface area contributed by atoms with Crippen molar-refractivity contribution in [2.75, 3.05) is 24.6 Å². The summed E-state index contributed by atoms with van der Waals surface area (Å²) in [6, 6.07) is 9.72. The minimum absolute atomic E-state index is 0.00572. The van der Waals surface area contributed by atoms with Crippen LogP contribution in [0.4, 0.5) is 10.1 Å². The van der Waals surface area contributed by atoms with Gasteiger partial charge < -0.3 is 19.6 Å². The van der Waals surface area contributed by atoms with Gasteiger partial charge in [0, 0.05) is 54.5 Å². The molecule has 0 spiro atoms. The number of halogens is 2. The van der Waals surface area contributed by atoms with Crippen molar-refractivity contribution < 1.29 is 28.6 Å². The van der Waals surface area contributed by atoms with E-state index < -0.39 is 29.0 Å². The van der Waals surface area contributed by atoms with E-state index in [1.807, 2.05) is 13.8 Å². The number of benzene rings is 1. The fraction of sp³-hybridized carbons (Fsp3) is 0.387. The van der Waals surface area contributed by atoms with E-state index in [0.29, 0.717) is 59.9 Å². The van der Waals surface area contributed by atoms with Crippen LogP contribution in [0.25, 0.3) is 11.1 Å². The summed E-state index contributed by atoms with van der Waals surface area (Å²) in [5.41, 5.74) is 1.56. The number of anilines is 1. The number of pyridine rings is 2. The third-order valence-electron chi connectivity index (χ3n) is 7.85. The molecule has 1 aromatic carbocycles. The number of piperidine rings is 1. The number of likely N-dealkylation sites (tertiary alicyclic amines) is 1. The molecule has 2 aliphatic heterocycles. The number of ether oxygens (including phenoxy) is 1. The first-order chi connectivity index (χ1) is 20.0. The topological polar surface area (TPSA) is 113 Å². The normalized spacial score (nSPS) is 17.5. The van der Waals surface area contributed by atoms with Gasteiger partial charge in [-0.05, 0) is 38.0 Å². The molecule has 42 heavy (non-hydrogen) atoms. The lowest BCUT2D eigenvalue weighted by Gasteiger charge is -2.44. The zero-order valence-corrected chi connectivity index (χ0v) is 24.4. The molecule has 11 heteroatoms. The van der Waals surface area contributed by atoms with Crippen molar-refractivity contribution >= 4 is 35.1 Å². The van der Waals surface area contributed by atoms with Crippen LogP contribution in [-0.2, 0) is 16.0 Å². The van der Waals surface area contributed by atoms with Crippen molar-refractivity contribution in [3.05, 3.63) is 71.0 Å². The molecular weight excluding hydrogens is 563 g/mol. The van der Waals surface area contributed by atoms with E-state index in [2.05, 4.69) is 9.97 Å². The first kappa shape index (κ1) is 29.4. The molecule has 1 saturated heterocycles. The molecule has 9 nitrogen and oxygen atoms in total. The van der Waals surface area contributed by atoms with Gasteiger partial charge in [0.1, 0.15) is 12.4 Å². The van der Waals surface area contributed by atoms with Crippen LogP contribution in [0, 0.1) is 17.2 Å². The summed E-state index contributed by atoms with van der Waals surface area (Å²) in [4.78, 5) is 49.9.